The number of benzene rings is 2. The van der Waals surface area contributed by atoms with Crippen LogP contribution in [0, 0.1) is 0 Å². The molecule has 0 aromatic heterocycles. The summed E-state index contributed by atoms with van der Waals surface area (Å²) in [5, 5.41) is 0. The highest BCUT2D eigenvalue weighted by Gasteiger charge is 2.28. The van der Waals surface area contributed by atoms with E-state index in [-0.39, 0.29) is 6.42 Å². The molecular weight excluding hydrogens is 319 g/mol. The number of rotatable bonds is 7. The maximum absolute atomic E-state index is 12.3. The van der Waals surface area contributed by atoms with Crippen LogP contribution in [0.5, 0.6) is 11.5 Å². The molecule has 0 amide bonds. The number of halogens is 3. The molecule has 2 N–H and O–H groups in total. The smallest absolute Gasteiger partial charge is 0.389 e. The molecule has 0 radical (unpaired) electrons. The van der Waals surface area contributed by atoms with E-state index in [0.717, 1.165) is 5.56 Å². The summed E-state index contributed by atoms with van der Waals surface area (Å²) < 4.78 is 47.9. The Morgan fingerprint density at radius 3 is 2.38 bits per heavy atom. The largest absolute Gasteiger partial charge is 0.493 e. The summed E-state index contributed by atoms with van der Waals surface area (Å²) in [4.78, 5) is 0. The quantitative estimate of drug-likeness (QED) is 0.801. The number of alkyl halides is 3. The Balaban J connectivity index is 2.04. The lowest BCUT2D eigenvalue weighted by Crippen LogP contribution is -2.16. The first-order valence-corrected chi connectivity index (χ1v) is 7.56. The molecule has 0 fully saturated rings. The molecule has 0 aliphatic rings. The summed E-state index contributed by atoms with van der Waals surface area (Å²) in [6.45, 7) is 0.372. The average molecular weight is 339 g/mol. The molecule has 0 bridgehead atoms. The topological polar surface area (TPSA) is 44.5 Å². The molecule has 0 spiro atoms. The van der Waals surface area contributed by atoms with Crippen molar-refractivity contribution in [1.82, 2.24) is 0 Å². The van der Waals surface area contributed by atoms with E-state index in [1.165, 1.54) is 7.11 Å². The maximum atomic E-state index is 12.3. The van der Waals surface area contributed by atoms with E-state index in [4.69, 9.17) is 15.2 Å². The summed E-state index contributed by atoms with van der Waals surface area (Å²) >= 11 is 0. The molecule has 2 rings (SSSR count). The van der Waals surface area contributed by atoms with Gasteiger partial charge in [-0.15, -0.1) is 0 Å². The van der Waals surface area contributed by atoms with Crippen LogP contribution in [0.25, 0.3) is 0 Å². The van der Waals surface area contributed by atoms with Gasteiger partial charge in [0.2, 0.25) is 0 Å². The van der Waals surface area contributed by atoms with Gasteiger partial charge in [0.15, 0.2) is 11.5 Å². The van der Waals surface area contributed by atoms with Crippen LogP contribution in [0.4, 0.5) is 13.2 Å². The molecule has 2 aromatic carbocycles. The number of methoxy groups -OCH3 is 1. The monoisotopic (exact) mass is 339 g/mol. The van der Waals surface area contributed by atoms with Gasteiger partial charge in [0, 0.05) is 12.5 Å². The third kappa shape index (κ3) is 5.45. The van der Waals surface area contributed by atoms with Gasteiger partial charge in [-0.05, 0) is 29.7 Å². The van der Waals surface area contributed by atoms with Crippen LogP contribution >= 0.6 is 0 Å². The lowest BCUT2D eigenvalue weighted by atomic mass is 10.0. The van der Waals surface area contributed by atoms with Crippen LogP contribution in [0.1, 0.15) is 30.0 Å². The molecule has 2 aromatic rings. The van der Waals surface area contributed by atoms with E-state index in [0.29, 0.717) is 23.7 Å². The van der Waals surface area contributed by atoms with Crippen LogP contribution in [0.15, 0.2) is 48.5 Å². The molecule has 0 aliphatic heterocycles. The third-order valence-corrected chi connectivity index (χ3v) is 3.59. The maximum Gasteiger partial charge on any atom is 0.389 e. The number of ether oxygens (including phenoxy) is 2. The van der Waals surface area contributed by atoms with Gasteiger partial charge in [-0.1, -0.05) is 36.4 Å². The van der Waals surface area contributed by atoms with E-state index in [9.17, 15) is 13.2 Å². The van der Waals surface area contributed by atoms with Crippen molar-refractivity contribution in [2.45, 2.75) is 31.7 Å². The van der Waals surface area contributed by atoms with Crippen molar-refractivity contribution < 1.29 is 22.6 Å². The molecule has 0 heterocycles. The average Bonchev–Trinajstić information content (AvgIpc) is 2.58. The highest BCUT2D eigenvalue weighted by atomic mass is 19.4. The van der Waals surface area contributed by atoms with Gasteiger partial charge in [-0.2, -0.15) is 13.2 Å². The summed E-state index contributed by atoms with van der Waals surface area (Å²) in [6, 6.07) is 13.9. The van der Waals surface area contributed by atoms with E-state index in [2.05, 4.69) is 0 Å². The Morgan fingerprint density at radius 1 is 1.04 bits per heavy atom. The van der Waals surface area contributed by atoms with Crippen molar-refractivity contribution in [3.63, 3.8) is 0 Å². The molecule has 130 valence electrons. The van der Waals surface area contributed by atoms with Gasteiger partial charge < -0.3 is 15.2 Å². The molecule has 6 heteroatoms. The van der Waals surface area contributed by atoms with Crippen molar-refractivity contribution in [3.8, 4) is 11.5 Å². The Labute approximate surface area is 139 Å². The van der Waals surface area contributed by atoms with Gasteiger partial charge in [0.05, 0.1) is 7.11 Å². The Kier molecular flexibility index (Phi) is 6.09. The van der Waals surface area contributed by atoms with Crippen molar-refractivity contribution in [1.29, 1.82) is 0 Å². The second-order valence-electron chi connectivity index (χ2n) is 5.44. The molecule has 0 saturated heterocycles. The summed E-state index contributed by atoms with van der Waals surface area (Å²) in [7, 11) is 1.48. The van der Waals surface area contributed by atoms with Crippen LogP contribution < -0.4 is 15.2 Å². The van der Waals surface area contributed by atoms with Crippen molar-refractivity contribution in [2.24, 2.45) is 5.73 Å². The Morgan fingerprint density at radius 2 is 1.75 bits per heavy atom. The fourth-order valence-electron chi connectivity index (χ4n) is 2.26. The van der Waals surface area contributed by atoms with Gasteiger partial charge in [0.1, 0.15) is 6.61 Å². The molecule has 0 saturated carbocycles. The molecule has 0 aliphatic carbocycles. The summed E-state index contributed by atoms with van der Waals surface area (Å²) in [5.41, 5.74) is 7.44. The molecule has 1 atom stereocenters. The predicted octanol–water partition coefficient (Wildman–Crippen LogP) is 4.62. The Bertz CT molecular complexity index is 644. The van der Waals surface area contributed by atoms with Crippen LogP contribution in [0.3, 0.4) is 0 Å². The van der Waals surface area contributed by atoms with Crippen molar-refractivity contribution in [2.75, 3.05) is 7.11 Å². The second-order valence-corrected chi connectivity index (χ2v) is 5.44. The minimum Gasteiger partial charge on any atom is -0.493 e. The number of hydrogen-bond acceptors (Lipinski definition) is 3. The normalized spacial score (nSPS) is 12.7. The molecule has 0 unspecified atom stereocenters. The molecule has 24 heavy (non-hydrogen) atoms. The standard InChI is InChI=1S/C18H20F3NO2/c1-23-17-11-14(15(22)9-10-18(19,20)21)7-8-16(17)24-12-13-5-3-2-4-6-13/h2-8,11,15H,9-10,12,22H2,1H3/t15-/m1/s1. The van der Waals surface area contributed by atoms with Crippen LogP contribution in [0.2, 0.25) is 0 Å². The number of hydrogen-bond donors (Lipinski definition) is 1. The third-order valence-electron chi connectivity index (χ3n) is 3.59. The first kappa shape index (κ1) is 18.1. The van der Waals surface area contributed by atoms with Gasteiger partial charge in [0.25, 0.3) is 0 Å². The molecule has 3 nitrogen and oxygen atoms in total. The first-order valence-electron chi connectivity index (χ1n) is 7.56. The number of nitrogens with two attached hydrogens (primary N) is 1. The fraction of sp³-hybridized carbons (Fsp3) is 0.333. The lowest BCUT2D eigenvalue weighted by molar-refractivity contribution is -0.136. The SMILES string of the molecule is COc1cc([C@H](N)CCC(F)(F)F)ccc1OCc1ccccc1. The van der Waals surface area contributed by atoms with Crippen molar-refractivity contribution >= 4 is 0 Å². The zero-order valence-electron chi connectivity index (χ0n) is 13.3. The van der Waals surface area contributed by atoms with Crippen LogP contribution in [-0.2, 0) is 6.61 Å². The van der Waals surface area contributed by atoms with Crippen LogP contribution in [-0.4, -0.2) is 13.3 Å². The highest BCUT2D eigenvalue weighted by Crippen LogP contribution is 2.33. The van der Waals surface area contributed by atoms with Gasteiger partial charge >= 0.3 is 6.18 Å². The van der Waals surface area contributed by atoms with E-state index in [1.54, 1.807) is 18.2 Å². The predicted molar refractivity (Wildman–Crippen MR) is 86.0 cm³/mol. The first-order chi connectivity index (χ1) is 11.4. The van der Waals surface area contributed by atoms with Crippen molar-refractivity contribution in [3.05, 3.63) is 59.7 Å². The van der Waals surface area contributed by atoms with Gasteiger partial charge in [-0.25, -0.2) is 0 Å². The fourth-order valence-corrected chi connectivity index (χ4v) is 2.26. The zero-order valence-corrected chi connectivity index (χ0v) is 13.3. The summed E-state index contributed by atoms with van der Waals surface area (Å²) in [6.07, 6.45) is -5.29. The van der Waals surface area contributed by atoms with E-state index >= 15 is 0 Å². The summed E-state index contributed by atoms with van der Waals surface area (Å²) in [5.74, 6) is 0.971. The minimum absolute atomic E-state index is 0.170. The van der Waals surface area contributed by atoms with E-state index < -0.39 is 18.6 Å². The van der Waals surface area contributed by atoms with Gasteiger partial charge in [-0.3, -0.25) is 0 Å². The lowest BCUT2D eigenvalue weighted by Gasteiger charge is -2.16. The zero-order chi connectivity index (χ0) is 17.6. The minimum atomic E-state index is -4.21. The molecular formula is C18H20F3NO2. The van der Waals surface area contributed by atoms with E-state index in [1.807, 2.05) is 30.3 Å². The highest BCUT2D eigenvalue weighted by molar-refractivity contribution is 5.44. The Hall–Kier alpha value is -2.21. The second kappa shape index (κ2) is 8.06.